The van der Waals surface area contributed by atoms with Crippen molar-refractivity contribution < 1.29 is 0 Å². The average molecular weight is 246 g/mol. The Morgan fingerprint density at radius 1 is 1.18 bits per heavy atom. The van der Waals surface area contributed by atoms with E-state index in [0.29, 0.717) is 6.54 Å². The minimum atomic E-state index is 0.390. The first-order valence-corrected chi connectivity index (χ1v) is 6.14. The zero-order chi connectivity index (χ0) is 12.3. The number of nitrogens with zero attached hydrogens (tertiary/aromatic N) is 3. The van der Waals surface area contributed by atoms with Gasteiger partial charge in [0.25, 0.3) is 0 Å². The zero-order valence-electron chi connectivity index (χ0n) is 9.84. The molecule has 0 atom stereocenters. The van der Waals surface area contributed by atoms with Gasteiger partial charge in [-0.15, -0.1) is 0 Å². The number of hydrogen-bond donors (Lipinski definition) is 1. The summed E-state index contributed by atoms with van der Waals surface area (Å²) in [7, 11) is 0. The Balaban J connectivity index is 2.31. The van der Waals surface area contributed by atoms with Gasteiger partial charge in [0.2, 0.25) is 0 Å². The molecule has 0 bridgehead atoms. The topological polar surface area (TPSA) is 64.7 Å². The van der Waals surface area contributed by atoms with Gasteiger partial charge in [-0.05, 0) is 43.3 Å². The third-order valence-corrected chi connectivity index (χ3v) is 3.16. The first-order valence-electron chi connectivity index (χ1n) is 5.32. The molecular formula is C12H14N4S. The van der Waals surface area contributed by atoms with Gasteiger partial charge in [-0.1, -0.05) is 0 Å². The maximum atomic E-state index is 5.63. The van der Waals surface area contributed by atoms with E-state index in [2.05, 4.69) is 21.9 Å². The predicted octanol–water partition coefficient (Wildman–Crippen LogP) is 2.10. The number of rotatable bonds is 3. The molecule has 0 saturated heterocycles. The highest BCUT2D eigenvalue weighted by molar-refractivity contribution is 7.99. The highest BCUT2D eigenvalue weighted by Crippen LogP contribution is 2.26. The van der Waals surface area contributed by atoms with Crippen molar-refractivity contribution in [2.75, 3.05) is 0 Å². The standard InChI is InChI=1S/C12H14N4S/c1-8-5-9(2)16-11(6-8)17-12-10(7-13)14-3-4-15-12/h3-6H,7,13H2,1-2H3. The Labute approximate surface area is 105 Å². The summed E-state index contributed by atoms with van der Waals surface area (Å²) in [5, 5.41) is 1.75. The van der Waals surface area contributed by atoms with Crippen molar-refractivity contribution in [3.8, 4) is 0 Å². The van der Waals surface area contributed by atoms with E-state index >= 15 is 0 Å². The first-order chi connectivity index (χ1) is 8.19. The number of aromatic nitrogens is 3. The highest BCUT2D eigenvalue weighted by Gasteiger charge is 2.07. The molecule has 0 amide bonds. The minimum Gasteiger partial charge on any atom is -0.325 e. The van der Waals surface area contributed by atoms with E-state index in [0.717, 1.165) is 21.4 Å². The second-order valence-electron chi connectivity index (χ2n) is 3.74. The number of hydrogen-bond acceptors (Lipinski definition) is 5. The Morgan fingerprint density at radius 2 is 1.94 bits per heavy atom. The van der Waals surface area contributed by atoms with E-state index in [1.165, 1.54) is 17.3 Å². The van der Waals surface area contributed by atoms with E-state index in [9.17, 15) is 0 Å². The molecule has 0 aromatic carbocycles. The third kappa shape index (κ3) is 3.01. The lowest BCUT2D eigenvalue weighted by Gasteiger charge is -2.05. The zero-order valence-corrected chi connectivity index (χ0v) is 10.7. The molecule has 0 aliphatic rings. The SMILES string of the molecule is Cc1cc(C)nc(Sc2nccnc2CN)c1. The van der Waals surface area contributed by atoms with Crippen molar-refractivity contribution in [3.05, 3.63) is 41.5 Å². The van der Waals surface area contributed by atoms with Crippen LogP contribution >= 0.6 is 11.8 Å². The average Bonchev–Trinajstić information content (AvgIpc) is 2.28. The van der Waals surface area contributed by atoms with Gasteiger partial charge in [-0.2, -0.15) is 0 Å². The van der Waals surface area contributed by atoms with Gasteiger partial charge in [0.1, 0.15) is 10.1 Å². The summed E-state index contributed by atoms with van der Waals surface area (Å²) in [5.74, 6) is 0. The Bertz CT molecular complexity index is 507. The molecule has 0 unspecified atom stereocenters. The van der Waals surface area contributed by atoms with E-state index in [4.69, 9.17) is 5.73 Å². The van der Waals surface area contributed by atoms with Gasteiger partial charge in [0.05, 0.1) is 5.69 Å². The van der Waals surface area contributed by atoms with Crippen LogP contribution in [0.25, 0.3) is 0 Å². The molecule has 4 nitrogen and oxygen atoms in total. The lowest BCUT2D eigenvalue weighted by Crippen LogP contribution is -2.02. The van der Waals surface area contributed by atoms with Gasteiger partial charge >= 0.3 is 0 Å². The van der Waals surface area contributed by atoms with Crippen LogP contribution in [-0.4, -0.2) is 15.0 Å². The maximum absolute atomic E-state index is 5.63. The number of nitrogens with two attached hydrogens (primary N) is 1. The van der Waals surface area contributed by atoms with Crippen molar-refractivity contribution in [1.29, 1.82) is 0 Å². The second kappa shape index (κ2) is 5.25. The van der Waals surface area contributed by atoms with Crippen LogP contribution in [0, 0.1) is 13.8 Å². The number of pyridine rings is 1. The summed E-state index contributed by atoms with van der Waals surface area (Å²) < 4.78 is 0. The molecule has 5 heteroatoms. The largest absolute Gasteiger partial charge is 0.325 e. The van der Waals surface area contributed by atoms with E-state index in [1.54, 1.807) is 12.4 Å². The molecule has 0 saturated carbocycles. The predicted molar refractivity (Wildman–Crippen MR) is 67.8 cm³/mol. The molecule has 2 rings (SSSR count). The van der Waals surface area contributed by atoms with Crippen molar-refractivity contribution in [2.24, 2.45) is 5.73 Å². The summed E-state index contributed by atoms with van der Waals surface area (Å²) >= 11 is 1.50. The fourth-order valence-electron chi connectivity index (χ4n) is 1.53. The van der Waals surface area contributed by atoms with Crippen LogP contribution in [0.2, 0.25) is 0 Å². The fraction of sp³-hybridized carbons (Fsp3) is 0.250. The summed E-state index contributed by atoms with van der Waals surface area (Å²) in [6, 6.07) is 4.08. The Morgan fingerprint density at radius 3 is 2.65 bits per heavy atom. The lowest BCUT2D eigenvalue weighted by molar-refractivity contribution is 0.883. The van der Waals surface area contributed by atoms with Crippen molar-refractivity contribution >= 4 is 11.8 Å². The van der Waals surface area contributed by atoms with Crippen LogP contribution in [0.1, 0.15) is 17.0 Å². The molecular weight excluding hydrogens is 232 g/mol. The molecule has 0 spiro atoms. The third-order valence-electron chi connectivity index (χ3n) is 2.20. The van der Waals surface area contributed by atoms with E-state index in [-0.39, 0.29) is 0 Å². The van der Waals surface area contributed by atoms with Crippen molar-refractivity contribution in [2.45, 2.75) is 30.4 Å². The summed E-state index contributed by atoms with van der Waals surface area (Å²) in [4.78, 5) is 12.9. The monoisotopic (exact) mass is 246 g/mol. The van der Waals surface area contributed by atoms with E-state index in [1.807, 2.05) is 19.1 Å². The van der Waals surface area contributed by atoms with Gasteiger partial charge < -0.3 is 5.73 Å². The van der Waals surface area contributed by atoms with Gasteiger partial charge in [0.15, 0.2) is 0 Å². The minimum absolute atomic E-state index is 0.390. The lowest BCUT2D eigenvalue weighted by atomic mass is 10.3. The van der Waals surface area contributed by atoms with Crippen LogP contribution in [0.15, 0.2) is 34.6 Å². The maximum Gasteiger partial charge on any atom is 0.125 e. The fourth-order valence-corrected chi connectivity index (χ4v) is 2.53. The summed E-state index contributed by atoms with van der Waals surface area (Å²) in [6.07, 6.45) is 3.32. The summed E-state index contributed by atoms with van der Waals surface area (Å²) in [5.41, 5.74) is 8.63. The summed E-state index contributed by atoms with van der Waals surface area (Å²) in [6.45, 7) is 4.43. The quantitative estimate of drug-likeness (QED) is 0.898. The molecule has 88 valence electrons. The Hall–Kier alpha value is -1.46. The van der Waals surface area contributed by atoms with Gasteiger partial charge in [-0.25, -0.2) is 9.97 Å². The van der Waals surface area contributed by atoms with Crippen LogP contribution < -0.4 is 5.73 Å². The smallest absolute Gasteiger partial charge is 0.125 e. The molecule has 0 fully saturated rings. The molecule has 17 heavy (non-hydrogen) atoms. The normalized spacial score (nSPS) is 10.5. The van der Waals surface area contributed by atoms with E-state index < -0.39 is 0 Å². The Kier molecular flexibility index (Phi) is 3.71. The number of aryl methyl sites for hydroxylation is 2. The van der Waals surface area contributed by atoms with Crippen LogP contribution in [0.3, 0.4) is 0 Å². The highest BCUT2D eigenvalue weighted by atomic mass is 32.2. The van der Waals surface area contributed by atoms with Crippen molar-refractivity contribution in [3.63, 3.8) is 0 Å². The van der Waals surface area contributed by atoms with Gasteiger partial charge in [0, 0.05) is 24.6 Å². The first kappa shape index (κ1) is 12.0. The molecule has 2 N–H and O–H groups in total. The molecule has 0 aliphatic heterocycles. The van der Waals surface area contributed by atoms with Crippen molar-refractivity contribution in [1.82, 2.24) is 15.0 Å². The van der Waals surface area contributed by atoms with Gasteiger partial charge in [-0.3, -0.25) is 4.98 Å². The molecule has 2 aromatic rings. The molecule has 2 heterocycles. The second-order valence-corrected chi connectivity index (χ2v) is 4.75. The molecule has 2 aromatic heterocycles. The molecule has 0 radical (unpaired) electrons. The van der Waals surface area contributed by atoms with Crippen LogP contribution in [-0.2, 0) is 6.54 Å². The van der Waals surface area contributed by atoms with Crippen LogP contribution in [0.4, 0.5) is 0 Å². The molecule has 0 aliphatic carbocycles. The van der Waals surface area contributed by atoms with Crippen LogP contribution in [0.5, 0.6) is 0 Å².